The smallest absolute Gasteiger partial charge is 0.0708 e. The van der Waals surface area contributed by atoms with Gasteiger partial charge in [-0.2, -0.15) is 0 Å². The number of fused-ring (bicyclic) bond motifs is 1. The third-order valence-corrected chi connectivity index (χ3v) is 3.90. The number of rotatable bonds is 1. The second kappa shape index (κ2) is 4.87. The molecule has 0 aliphatic heterocycles. The number of aryl methyl sites for hydroxylation is 1. The molecule has 108 valence electrons. The van der Waals surface area contributed by atoms with Gasteiger partial charge in [0.25, 0.3) is 0 Å². The van der Waals surface area contributed by atoms with Crippen LogP contribution in [0.3, 0.4) is 0 Å². The van der Waals surface area contributed by atoms with Gasteiger partial charge in [-0.3, -0.25) is 4.98 Å². The van der Waals surface area contributed by atoms with Gasteiger partial charge in [0.1, 0.15) is 0 Å². The fourth-order valence-corrected chi connectivity index (χ4v) is 3.59. The second-order valence-corrected chi connectivity index (χ2v) is 8.10. The van der Waals surface area contributed by atoms with E-state index in [0.29, 0.717) is 5.92 Å². The molecule has 0 atom stereocenters. The molecule has 0 bridgehead atoms. The maximum atomic E-state index is 4.97. The van der Waals surface area contributed by atoms with Gasteiger partial charge in [0.2, 0.25) is 0 Å². The lowest BCUT2D eigenvalue weighted by Crippen LogP contribution is -2.31. The summed E-state index contributed by atoms with van der Waals surface area (Å²) in [7, 11) is 0. The van der Waals surface area contributed by atoms with Crippen molar-refractivity contribution >= 4 is 10.9 Å². The minimum atomic E-state index is 0.197. The minimum Gasteiger partial charge on any atom is -0.252 e. The van der Waals surface area contributed by atoms with Crippen LogP contribution in [0.2, 0.25) is 0 Å². The highest BCUT2D eigenvalue weighted by Crippen LogP contribution is 2.46. The molecule has 0 spiro atoms. The van der Waals surface area contributed by atoms with Gasteiger partial charge in [-0.1, -0.05) is 59.7 Å². The average molecular weight is 269 g/mol. The molecular formula is C19H27N. The summed E-state index contributed by atoms with van der Waals surface area (Å²) in [5, 5.41) is 1.22. The van der Waals surface area contributed by atoms with E-state index in [9.17, 15) is 0 Å². The second-order valence-electron chi connectivity index (χ2n) is 8.10. The molecule has 2 aromatic rings. The molecule has 1 aromatic carbocycles. The van der Waals surface area contributed by atoms with Gasteiger partial charge < -0.3 is 0 Å². The van der Waals surface area contributed by atoms with Gasteiger partial charge in [-0.25, -0.2) is 0 Å². The summed E-state index contributed by atoms with van der Waals surface area (Å²) in [5.41, 5.74) is 3.99. The number of nitrogens with zero attached hydrogens (tertiary/aromatic N) is 1. The molecule has 20 heavy (non-hydrogen) atoms. The highest BCUT2D eigenvalue weighted by Gasteiger charge is 2.37. The van der Waals surface area contributed by atoms with Crippen molar-refractivity contribution in [1.29, 1.82) is 0 Å². The molecule has 1 nitrogen and oxygen atoms in total. The largest absolute Gasteiger partial charge is 0.252 e. The number of aromatic nitrogens is 1. The van der Waals surface area contributed by atoms with Crippen LogP contribution in [0, 0.1) is 17.8 Å². The van der Waals surface area contributed by atoms with Crippen LogP contribution in [-0.4, -0.2) is 4.98 Å². The Morgan fingerprint density at radius 3 is 1.95 bits per heavy atom. The molecule has 1 heterocycles. The van der Waals surface area contributed by atoms with Crippen LogP contribution >= 0.6 is 0 Å². The zero-order valence-corrected chi connectivity index (χ0v) is 13.9. The fraction of sp³-hybridized carbons (Fsp3) is 0.526. The molecule has 0 unspecified atom stereocenters. The van der Waals surface area contributed by atoms with Crippen LogP contribution in [0.4, 0.5) is 0 Å². The quantitative estimate of drug-likeness (QED) is 0.645. The summed E-state index contributed by atoms with van der Waals surface area (Å²) in [6.45, 7) is 16.0. The molecule has 0 saturated heterocycles. The lowest BCUT2D eigenvalue weighted by Gasteiger charge is -2.40. The van der Waals surface area contributed by atoms with Crippen molar-refractivity contribution in [3.8, 4) is 0 Å². The van der Waals surface area contributed by atoms with Gasteiger partial charge in [0, 0.05) is 17.0 Å². The third-order valence-electron chi connectivity index (χ3n) is 3.90. The van der Waals surface area contributed by atoms with E-state index in [1.165, 1.54) is 16.6 Å². The molecular weight excluding hydrogens is 242 g/mol. The van der Waals surface area contributed by atoms with Crippen molar-refractivity contribution in [2.45, 2.75) is 54.4 Å². The normalized spacial score (nSPS) is 13.2. The van der Waals surface area contributed by atoms with Gasteiger partial charge in [0.15, 0.2) is 0 Å². The van der Waals surface area contributed by atoms with Crippen molar-refractivity contribution in [2.75, 3.05) is 0 Å². The highest BCUT2D eigenvalue weighted by molar-refractivity contribution is 5.79. The Bertz CT molecular complexity index is 598. The van der Waals surface area contributed by atoms with Gasteiger partial charge in [-0.15, -0.1) is 0 Å². The molecule has 0 fully saturated rings. The minimum absolute atomic E-state index is 0.197. The van der Waals surface area contributed by atoms with Crippen LogP contribution in [0.5, 0.6) is 0 Å². The average Bonchev–Trinajstić information content (AvgIpc) is 2.24. The van der Waals surface area contributed by atoms with Crippen LogP contribution in [-0.2, 0) is 0 Å². The Kier molecular flexibility index (Phi) is 3.66. The SMILES string of the molecule is Cc1ccc2ccc(C(C(C)(C)C)C(C)(C)C)nc2c1. The number of pyridine rings is 1. The summed E-state index contributed by atoms with van der Waals surface area (Å²) < 4.78 is 0. The maximum absolute atomic E-state index is 4.97. The van der Waals surface area contributed by atoms with E-state index in [2.05, 4.69) is 78.8 Å². The van der Waals surface area contributed by atoms with Crippen molar-refractivity contribution in [2.24, 2.45) is 10.8 Å². The van der Waals surface area contributed by atoms with E-state index >= 15 is 0 Å². The fourth-order valence-electron chi connectivity index (χ4n) is 3.59. The predicted octanol–water partition coefficient (Wildman–Crippen LogP) is 5.72. The summed E-state index contributed by atoms with van der Waals surface area (Å²) in [6.07, 6.45) is 0. The molecule has 1 heteroatoms. The molecule has 0 amide bonds. The monoisotopic (exact) mass is 269 g/mol. The Morgan fingerprint density at radius 2 is 1.40 bits per heavy atom. The molecule has 0 N–H and O–H groups in total. The summed E-state index contributed by atoms with van der Waals surface area (Å²) in [4.78, 5) is 4.97. The van der Waals surface area contributed by atoms with Crippen molar-refractivity contribution < 1.29 is 0 Å². The zero-order valence-electron chi connectivity index (χ0n) is 13.9. The van der Waals surface area contributed by atoms with E-state index in [1.807, 2.05) is 0 Å². The first-order valence-corrected chi connectivity index (χ1v) is 7.46. The Hall–Kier alpha value is -1.37. The number of benzene rings is 1. The van der Waals surface area contributed by atoms with E-state index in [4.69, 9.17) is 4.98 Å². The Balaban J connectivity index is 2.60. The first-order valence-electron chi connectivity index (χ1n) is 7.46. The Morgan fingerprint density at radius 1 is 0.850 bits per heavy atom. The standard InChI is InChI=1S/C19H27N/c1-13-8-9-14-10-11-15(20-16(14)12-13)17(18(2,3)4)19(5,6)7/h8-12,17H,1-7H3. The van der Waals surface area contributed by atoms with Crippen LogP contribution in [0.25, 0.3) is 10.9 Å². The summed E-state index contributed by atoms with van der Waals surface area (Å²) >= 11 is 0. The molecule has 0 aliphatic carbocycles. The van der Waals surface area contributed by atoms with Crippen molar-refractivity contribution in [1.82, 2.24) is 4.98 Å². The molecule has 0 aliphatic rings. The summed E-state index contributed by atoms with van der Waals surface area (Å²) in [5.74, 6) is 0.430. The zero-order chi connectivity index (χ0) is 15.1. The lowest BCUT2D eigenvalue weighted by molar-refractivity contribution is 0.172. The Labute approximate surface area is 123 Å². The van der Waals surface area contributed by atoms with E-state index < -0.39 is 0 Å². The van der Waals surface area contributed by atoms with Crippen molar-refractivity contribution in [3.05, 3.63) is 41.6 Å². The predicted molar refractivity (Wildman–Crippen MR) is 88.1 cm³/mol. The highest BCUT2D eigenvalue weighted by atomic mass is 14.7. The van der Waals surface area contributed by atoms with Gasteiger partial charge >= 0.3 is 0 Å². The van der Waals surface area contributed by atoms with Gasteiger partial charge in [0.05, 0.1) is 5.52 Å². The summed E-state index contributed by atoms with van der Waals surface area (Å²) in [6, 6.07) is 10.9. The van der Waals surface area contributed by atoms with Crippen LogP contribution < -0.4 is 0 Å². The van der Waals surface area contributed by atoms with E-state index in [-0.39, 0.29) is 10.8 Å². The lowest BCUT2D eigenvalue weighted by atomic mass is 9.65. The topological polar surface area (TPSA) is 12.9 Å². The van der Waals surface area contributed by atoms with Crippen molar-refractivity contribution in [3.63, 3.8) is 0 Å². The molecule has 0 saturated carbocycles. The molecule has 0 radical (unpaired) electrons. The number of hydrogen-bond acceptors (Lipinski definition) is 1. The maximum Gasteiger partial charge on any atom is 0.0708 e. The first-order chi connectivity index (χ1) is 9.09. The van der Waals surface area contributed by atoms with Gasteiger partial charge in [-0.05, 0) is 35.4 Å². The van der Waals surface area contributed by atoms with Crippen LogP contribution in [0.1, 0.15) is 58.7 Å². The molecule has 2 rings (SSSR count). The molecule has 1 aromatic heterocycles. The first kappa shape index (κ1) is 15.0. The third kappa shape index (κ3) is 3.03. The number of hydrogen-bond donors (Lipinski definition) is 0. The van der Waals surface area contributed by atoms with E-state index in [0.717, 1.165) is 5.52 Å². The van der Waals surface area contributed by atoms with Crippen LogP contribution in [0.15, 0.2) is 30.3 Å². The van der Waals surface area contributed by atoms with E-state index in [1.54, 1.807) is 0 Å².